The number of hydrogen-bond acceptors (Lipinski definition) is 5. The molecule has 4 heterocycles. The number of halogens is 3. The molecule has 0 amide bonds. The van der Waals surface area contributed by atoms with Gasteiger partial charge < -0.3 is 4.90 Å². The second-order valence-corrected chi connectivity index (χ2v) is 7.60. The molecular weight excluding hydrogens is 417 g/mol. The van der Waals surface area contributed by atoms with Gasteiger partial charge in [-0.3, -0.25) is 0 Å². The Labute approximate surface area is 146 Å². The first-order chi connectivity index (χ1) is 11.1. The Morgan fingerprint density at radius 1 is 1.22 bits per heavy atom. The van der Waals surface area contributed by atoms with Gasteiger partial charge in [0.1, 0.15) is 17.9 Å². The molecule has 2 saturated heterocycles. The number of alkyl halides is 2. The van der Waals surface area contributed by atoms with E-state index in [0.717, 1.165) is 44.3 Å². The minimum atomic E-state index is -2.45. The molecule has 9 heteroatoms. The standard InChI is InChI=1S/C14H17F2IN6/c15-12(16)8-23-14-11(3-19-23)18-4-13(20-14)21-2-1-9-6-22(17)7-10(9)5-21/h3-4,9-10,12H,1-2,5-8H2/t9-,10+/m0/s1. The highest BCUT2D eigenvalue weighted by atomic mass is 127. The molecule has 4 rings (SSSR count). The maximum absolute atomic E-state index is 12.6. The Bertz CT molecular complexity index is 708. The fourth-order valence-electron chi connectivity index (χ4n) is 3.58. The summed E-state index contributed by atoms with van der Waals surface area (Å²) < 4.78 is 28.9. The number of aromatic nitrogens is 4. The normalized spacial score (nSPS) is 25.5. The topological polar surface area (TPSA) is 50.1 Å². The van der Waals surface area contributed by atoms with Crippen molar-refractivity contribution >= 4 is 39.8 Å². The molecular formula is C14H17F2IN6. The van der Waals surface area contributed by atoms with Gasteiger partial charge in [0.2, 0.25) is 0 Å². The van der Waals surface area contributed by atoms with Gasteiger partial charge in [0.25, 0.3) is 6.43 Å². The second kappa shape index (κ2) is 6.08. The summed E-state index contributed by atoms with van der Waals surface area (Å²) in [7, 11) is 0. The van der Waals surface area contributed by atoms with E-state index in [9.17, 15) is 8.78 Å². The summed E-state index contributed by atoms with van der Waals surface area (Å²) >= 11 is 2.39. The van der Waals surface area contributed by atoms with Crippen LogP contribution in [0.1, 0.15) is 6.42 Å². The van der Waals surface area contributed by atoms with Gasteiger partial charge in [0, 0.05) is 49.0 Å². The molecule has 2 aliphatic heterocycles. The summed E-state index contributed by atoms with van der Waals surface area (Å²) in [5.74, 6) is 2.16. The second-order valence-electron chi connectivity index (χ2n) is 6.24. The molecule has 124 valence electrons. The molecule has 0 aliphatic carbocycles. The monoisotopic (exact) mass is 434 g/mol. The van der Waals surface area contributed by atoms with Crippen LogP contribution in [0.5, 0.6) is 0 Å². The first kappa shape index (κ1) is 15.4. The van der Waals surface area contributed by atoms with Gasteiger partial charge in [-0.05, 0) is 18.3 Å². The van der Waals surface area contributed by atoms with E-state index in [0.29, 0.717) is 17.1 Å². The van der Waals surface area contributed by atoms with E-state index < -0.39 is 13.0 Å². The van der Waals surface area contributed by atoms with E-state index in [4.69, 9.17) is 0 Å². The van der Waals surface area contributed by atoms with E-state index in [1.807, 2.05) is 0 Å². The van der Waals surface area contributed by atoms with Crippen molar-refractivity contribution in [3.63, 3.8) is 0 Å². The fraction of sp³-hybridized carbons (Fsp3) is 0.643. The fourth-order valence-corrected chi connectivity index (χ4v) is 4.59. The minimum absolute atomic E-state index is 0.437. The van der Waals surface area contributed by atoms with Crippen molar-refractivity contribution in [2.45, 2.75) is 19.4 Å². The van der Waals surface area contributed by atoms with E-state index in [2.05, 4.69) is 45.9 Å². The Morgan fingerprint density at radius 3 is 2.87 bits per heavy atom. The van der Waals surface area contributed by atoms with Crippen LogP contribution in [-0.4, -0.2) is 55.5 Å². The zero-order chi connectivity index (χ0) is 16.0. The number of fused-ring (bicyclic) bond motifs is 2. The molecule has 0 unspecified atom stereocenters. The van der Waals surface area contributed by atoms with Gasteiger partial charge in [-0.2, -0.15) is 5.10 Å². The van der Waals surface area contributed by atoms with E-state index in [1.165, 1.54) is 10.9 Å². The lowest BCUT2D eigenvalue weighted by Gasteiger charge is -2.34. The molecule has 2 aromatic rings. The molecule has 2 aliphatic rings. The summed E-state index contributed by atoms with van der Waals surface area (Å²) in [5.41, 5.74) is 0.996. The Kier molecular flexibility index (Phi) is 4.08. The maximum Gasteiger partial charge on any atom is 0.258 e. The van der Waals surface area contributed by atoms with Gasteiger partial charge in [-0.15, -0.1) is 0 Å². The first-order valence-electron chi connectivity index (χ1n) is 7.72. The Morgan fingerprint density at radius 2 is 2.04 bits per heavy atom. The molecule has 6 nitrogen and oxygen atoms in total. The van der Waals surface area contributed by atoms with Crippen LogP contribution in [0, 0.1) is 11.8 Å². The third kappa shape index (κ3) is 3.00. The molecule has 0 bridgehead atoms. The smallest absolute Gasteiger partial charge is 0.258 e. The van der Waals surface area contributed by atoms with Crippen molar-refractivity contribution in [3.8, 4) is 0 Å². The van der Waals surface area contributed by atoms with Gasteiger partial charge >= 0.3 is 0 Å². The average Bonchev–Trinajstić information content (AvgIpc) is 3.08. The van der Waals surface area contributed by atoms with Crippen molar-refractivity contribution in [2.24, 2.45) is 11.8 Å². The van der Waals surface area contributed by atoms with Crippen LogP contribution in [0.15, 0.2) is 12.4 Å². The minimum Gasteiger partial charge on any atom is -0.355 e. The number of anilines is 1. The molecule has 0 spiro atoms. The number of nitrogens with zero attached hydrogens (tertiary/aromatic N) is 6. The third-order valence-electron chi connectivity index (χ3n) is 4.72. The van der Waals surface area contributed by atoms with Crippen LogP contribution < -0.4 is 4.90 Å². The highest BCUT2D eigenvalue weighted by Crippen LogP contribution is 2.34. The summed E-state index contributed by atoms with van der Waals surface area (Å²) in [6, 6.07) is 0. The van der Waals surface area contributed by atoms with Crippen LogP contribution in [-0.2, 0) is 6.54 Å². The predicted molar refractivity (Wildman–Crippen MR) is 90.7 cm³/mol. The van der Waals surface area contributed by atoms with Gasteiger partial charge in [-0.1, -0.05) is 0 Å². The molecule has 0 N–H and O–H groups in total. The van der Waals surface area contributed by atoms with Crippen LogP contribution in [0.3, 0.4) is 0 Å². The highest BCUT2D eigenvalue weighted by Gasteiger charge is 2.36. The number of hydrogen-bond donors (Lipinski definition) is 0. The van der Waals surface area contributed by atoms with Crippen molar-refractivity contribution in [1.82, 2.24) is 22.9 Å². The van der Waals surface area contributed by atoms with E-state index in [1.54, 1.807) is 6.20 Å². The molecule has 2 aromatic heterocycles. The van der Waals surface area contributed by atoms with Crippen molar-refractivity contribution in [3.05, 3.63) is 12.4 Å². The molecule has 23 heavy (non-hydrogen) atoms. The lowest BCUT2D eigenvalue weighted by Crippen LogP contribution is -2.40. The summed E-state index contributed by atoms with van der Waals surface area (Å²) in [6.07, 6.45) is 1.91. The zero-order valence-corrected chi connectivity index (χ0v) is 14.6. The summed E-state index contributed by atoms with van der Waals surface area (Å²) in [4.78, 5) is 11.1. The summed E-state index contributed by atoms with van der Waals surface area (Å²) in [5, 5.41) is 3.97. The van der Waals surface area contributed by atoms with Crippen LogP contribution in [0.25, 0.3) is 11.2 Å². The van der Waals surface area contributed by atoms with Gasteiger partial charge in [0.15, 0.2) is 5.65 Å². The van der Waals surface area contributed by atoms with Crippen molar-refractivity contribution < 1.29 is 8.78 Å². The molecule has 0 radical (unpaired) electrons. The van der Waals surface area contributed by atoms with Gasteiger partial charge in [-0.25, -0.2) is 26.5 Å². The quantitative estimate of drug-likeness (QED) is 0.548. The molecule has 0 saturated carbocycles. The Balaban J connectivity index is 1.59. The van der Waals surface area contributed by atoms with Gasteiger partial charge in [0.05, 0.1) is 12.4 Å². The lowest BCUT2D eigenvalue weighted by atomic mass is 9.89. The zero-order valence-electron chi connectivity index (χ0n) is 12.4. The predicted octanol–water partition coefficient (Wildman–Crippen LogP) is 2.20. The van der Waals surface area contributed by atoms with Crippen LogP contribution >= 0.6 is 22.9 Å². The maximum atomic E-state index is 12.6. The lowest BCUT2D eigenvalue weighted by molar-refractivity contribution is 0.123. The molecule has 2 atom stereocenters. The Hall–Kier alpha value is -1.10. The molecule has 0 aromatic carbocycles. The molecule has 2 fully saturated rings. The van der Waals surface area contributed by atoms with Crippen molar-refractivity contribution in [2.75, 3.05) is 31.1 Å². The first-order valence-corrected chi connectivity index (χ1v) is 8.69. The van der Waals surface area contributed by atoms with E-state index >= 15 is 0 Å². The number of piperidine rings is 1. The summed E-state index contributed by atoms with van der Waals surface area (Å²) in [6.45, 7) is 3.70. The van der Waals surface area contributed by atoms with Crippen LogP contribution in [0.4, 0.5) is 14.6 Å². The van der Waals surface area contributed by atoms with Crippen molar-refractivity contribution in [1.29, 1.82) is 0 Å². The van der Waals surface area contributed by atoms with Crippen LogP contribution in [0.2, 0.25) is 0 Å². The number of rotatable bonds is 3. The van der Waals surface area contributed by atoms with E-state index in [-0.39, 0.29) is 0 Å². The SMILES string of the molecule is FC(F)Cn1ncc2ncc(N3CC[C@H]4CN(I)C[C@H]4C3)nc21. The third-order valence-corrected chi connectivity index (χ3v) is 5.51. The highest BCUT2D eigenvalue weighted by molar-refractivity contribution is 14.1. The largest absolute Gasteiger partial charge is 0.355 e. The average molecular weight is 434 g/mol.